The lowest BCUT2D eigenvalue weighted by Crippen LogP contribution is -2.38. The Labute approximate surface area is 157 Å². The van der Waals surface area contributed by atoms with Crippen LogP contribution in [0.1, 0.15) is 24.3 Å². The molecule has 7 heteroatoms. The van der Waals surface area contributed by atoms with Crippen molar-refractivity contribution in [1.29, 1.82) is 0 Å². The second-order valence-electron chi connectivity index (χ2n) is 6.83. The highest BCUT2D eigenvalue weighted by atomic mass is 16.5. The number of carbonyl (C=O) groups excluding carboxylic acids is 1. The highest BCUT2D eigenvalue weighted by Crippen LogP contribution is 2.32. The fourth-order valence-electron chi connectivity index (χ4n) is 3.34. The van der Waals surface area contributed by atoms with Gasteiger partial charge in [-0.1, -0.05) is 42.4 Å². The molecule has 0 bridgehead atoms. The zero-order chi connectivity index (χ0) is 18.6. The molecule has 1 saturated heterocycles. The molecule has 3 aromatic rings. The Hall–Kier alpha value is -3.22. The number of urea groups is 1. The summed E-state index contributed by atoms with van der Waals surface area (Å²) in [6.07, 6.45) is 3.41. The topological polar surface area (TPSA) is 84.2 Å². The number of benzene rings is 1. The van der Waals surface area contributed by atoms with Gasteiger partial charge in [-0.2, -0.15) is 4.98 Å². The van der Waals surface area contributed by atoms with Crippen molar-refractivity contribution in [2.24, 2.45) is 5.92 Å². The molecule has 2 unspecified atom stereocenters. The van der Waals surface area contributed by atoms with Gasteiger partial charge in [0.15, 0.2) is 0 Å². The third kappa shape index (κ3) is 3.81. The number of carbonyl (C=O) groups is 1. The van der Waals surface area contributed by atoms with E-state index in [1.54, 1.807) is 12.4 Å². The van der Waals surface area contributed by atoms with Crippen LogP contribution in [-0.2, 0) is 6.54 Å². The minimum Gasteiger partial charge on any atom is -0.339 e. The molecule has 0 spiro atoms. The molecule has 1 N–H and O–H groups in total. The molecule has 1 fully saturated rings. The van der Waals surface area contributed by atoms with E-state index in [1.165, 1.54) is 0 Å². The molecule has 1 aliphatic rings. The van der Waals surface area contributed by atoms with Crippen LogP contribution >= 0.6 is 0 Å². The SMILES string of the molecule is CC1CN(C(=O)NCc2ccccc2)CC1c1nc(-c2cccnc2)no1. The monoisotopic (exact) mass is 363 g/mol. The van der Waals surface area contributed by atoms with Crippen molar-refractivity contribution in [3.8, 4) is 11.4 Å². The zero-order valence-electron chi connectivity index (χ0n) is 15.1. The number of nitrogens with zero attached hydrogens (tertiary/aromatic N) is 4. The first-order valence-corrected chi connectivity index (χ1v) is 9.01. The Bertz CT molecular complexity index is 897. The first-order chi connectivity index (χ1) is 13.2. The standard InChI is InChI=1S/C20H21N5O2/c1-14-12-25(20(26)22-10-15-6-3-2-4-7-15)13-17(14)19-23-18(24-27-19)16-8-5-9-21-11-16/h2-9,11,14,17H,10,12-13H2,1H3,(H,22,26). The first-order valence-electron chi connectivity index (χ1n) is 9.01. The van der Waals surface area contributed by atoms with E-state index >= 15 is 0 Å². The van der Waals surface area contributed by atoms with Crippen molar-refractivity contribution in [3.05, 3.63) is 66.3 Å². The van der Waals surface area contributed by atoms with E-state index in [0.717, 1.165) is 11.1 Å². The minimum atomic E-state index is -0.0693. The highest BCUT2D eigenvalue weighted by molar-refractivity contribution is 5.74. The molecule has 0 aliphatic carbocycles. The average Bonchev–Trinajstić information content (AvgIpc) is 3.34. The van der Waals surface area contributed by atoms with Crippen molar-refractivity contribution < 1.29 is 9.32 Å². The lowest BCUT2D eigenvalue weighted by molar-refractivity contribution is 0.206. The number of rotatable bonds is 4. The summed E-state index contributed by atoms with van der Waals surface area (Å²) in [4.78, 5) is 22.9. The van der Waals surface area contributed by atoms with Gasteiger partial charge in [0.25, 0.3) is 0 Å². The molecule has 1 aliphatic heterocycles. The number of pyridine rings is 1. The van der Waals surface area contributed by atoms with Gasteiger partial charge >= 0.3 is 6.03 Å². The third-order valence-corrected chi connectivity index (χ3v) is 4.86. The number of hydrogen-bond donors (Lipinski definition) is 1. The van der Waals surface area contributed by atoms with Crippen LogP contribution in [0.25, 0.3) is 11.4 Å². The van der Waals surface area contributed by atoms with Gasteiger partial charge < -0.3 is 14.7 Å². The maximum absolute atomic E-state index is 12.5. The molecule has 0 radical (unpaired) electrons. The molecule has 2 aromatic heterocycles. The lowest BCUT2D eigenvalue weighted by Gasteiger charge is -2.16. The van der Waals surface area contributed by atoms with Crippen LogP contribution in [0.5, 0.6) is 0 Å². The Morgan fingerprint density at radius 3 is 2.85 bits per heavy atom. The number of hydrogen-bond acceptors (Lipinski definition) is 5. The van der Waals surface area contributed by atoms with Crippen molar-refractivity contribution in [3.63, 3.8) is 0 Å². The van der Waals surface area contributed by atoms with Crippen LogP contribution in [-0.4, -0.2) is 39.1 Å². The molecular formula is C20H21N5O2. The number of amides is 2. The van der Waals surface area contributed by atoms with Crippen molar-refractivity contribution >= 4 is 6.03 Å². The maximum atomic E-state index is 12.5. The van der Waals surface area contributed by atoms with Gasteiger partial charge in [-0.05, 0) is 23.6 Å². The van der Waals surface area contributed by atoms with Crippen LogP contribution < -0.4 is 5.32 Å². The summed E-state index contributed by atoms with van der Waals surface area (Å²) in [5, 5.41) is 7.04. The maximum Gasteiger partial charge on any atom is 0.317 e. The van der Waals surface area contributed by atoms with Gasteiger partial charge in [-0.15, -0.1) is 0 Å². The molecule has 3 heterocycles. The predicted molar refractivity (Wildman–Crippen MR) is 99.7 cm³/mol. The van der Waals surface area contributed by atoms with Gasteiger partial charge in [-0.3, -0.25) is 4.98 Å². The molecular weight excluding hydrogens is 342 g/mol. The van der Waals surface area contributed by atoms with Crippen LogP contribution in [0.4, 0.5) is 4.79 Å². The highest BCUT2D eigenvalue weighted by Gasteiger charge is 2.37. The fourth-order valence-corrected chi connectivity index (χ4v) is 3.34. The summed E-state index contributed by atoms with van der Waals surface area (Å²) < 4.78 is 5.48. The molecule has 27 heavy (non-hydrogen) atoms. The van der Waals surface area contributed by atoms with Crippen LogP contribution in [0.2, 0.25) is 0 Å². The second-order valence-corrected chi connectivity index (χ2v) is 6.83. The Balaban J connectivity index is 1.39. The molecule has 1 aromatic carbocycles. The predicted octanol–water partition coefficient (Wildman–Crippen LogP) is 3.08. The van der Waals surface area contributed by atoms with Gasteiger partial charge in [0, 0.05) is 37.6 Å². The van der Waals surface area contributed by atoms with E-state index in [0.29, 0.717) is 31.3 Å². The van der Waals surface area contributed by atoms with Crippen LogP contribution in [0.3, 0.4) is 0 Å². The van der Waals surface area contributed by atoms with E-state index in [9.17, 15) is 4.79 Å². The summed E-state index contributed by atoms with van der Waals surface area (Å²) in [6, 6.07) is 13.5. The summed E-state index contributed by atoms with van der Waals surface area (Å²) in [5.41, 5.74) is 1.89. The Morgan fingerprint density at radius 2 is 2.07 bits per heavy atom. The fraction of sp³-hybridized carbons (Fsp3) is 0.300. The Kier molecular flexibility index (Phi) is 4.82. The normalized spacial score (nSPS) is 19.2. The van der Waals surface area contributed by atoms with Crippen molar-refractivity contribution in [2.45, 2.75) is 19.4 Å². The first kappa shape index (κ1) is 17.2. The summed E-state index contributed by atoms with van der Waals surface area (Å²) in [6.45, 7) is 3.84. The van der Waals surface area contributed by atoms with E-state index in [-0.39, 0.29) is 17.9 Å². The molecule has 4 rings (SSSR count). The van der Waals surface area contributed by atoms with E-state index < -0.39 is 0 Å². The lowest BCUT2D eigenvalue weighted by atomic mass is 9.98. The van der Waals surface area contributed by atoms with Crippen molar-refractivity contribution in [2.75, 3.05) is 13.1 Å². The van der Waals surface area contributed by atoms with E-state index in [4.69, 9.17) is 4.52 Å². The summed E-state index contributed by atoms with van der Waals surface area (Å²) in [7, 11) is 0. The van der Waals surface area contributed by atoms with Gasteiger partial charge in [0.05, 0.1) is 5.92 Å². The second kappa shape index (κ2) is 7.57. The summed E-state index contributed by atoms with van der Waals surface area (Å²) in [5.74, 6) is 1.37. The van der Waals surface area contributed by atoms with Gasteiger partial charge in [0.1, 0.15) is 0 Å². The molecule has 2 amide bonds. The van der Waals surface area contributed by atoms with Gasteiger partial charge in [0.2, 0.25) is 11.7 Å². The molecule has 0 saturated carbocycles. The number of likely N-dealkylation sites (tertiary alicyclic amines) is 1. The van der Waals surface area contributed by atoms with E-state index in [2.05, 4.69) is 27.4 Å². The minimum absolute atomic E-state index is 0.0328. The summed E-state index contributed by atoms with van der Waals surface area (Å²) >= 11 is 0. The quantitative estimate of drug-likeness (QED) is 0.770. The average molecular weight is 363 g/mol. The zero-order valence-corrected chi connectivity index (χ0v) is 15.1. The van der Waals surface area contributed by atoms with Crippen LogP contribution in [0.15, 0.2) is 59.4 Å². The molecule has 7 nitrogen and oxygen atoms in total. The largest absolute Gasteiger partial charge is 0.339 e. The van der Waals surface area contributed by atoms with Crippen molar-refractivity contribution in [1.82, 2.24) is 25.3 Å². The smallest absolute Gasteiger partial charge is 0.317 e. The van der Waals surface area contributed by atoms with Crippen LogP contribution in [0, 0.1) is 5.92 Å². The third-order valence-electron chi connectivity index (χ3n) is 4.86. The number of aromatic nitrogens is 3. The molecule has 138 valence electrons. The Morgan fingerprint density at radius 1 is 1.22 bits per heavy atom. The van der Waals surface area contributed by atoms with Gasteiger partial charge in [-0.25, -0.2) is 4.79 Å². The molecule has 2 atom stereocenters. The van der Waals surface area contributed by atoms with E-state index in [1.807, 2.05) is 47.4 Å². The number of nitrogens with one attached hydrogen (secondary N) is 1.